The second-order valence-electron chi connectivity index (χ2n) is 3.05. The third-order valence-corrected chi connectivity index (χ3v) is 2.25. The third kappa shape index (κ3) is 0.965. The van der Waals surface area contributed by atoms with E-state index in [1.165, 1.54) is 0 Å². The van der Waals surface area contributed by atoms with E-state index in [4.69, 9.17) is 0 Å². The Bertz CT molecular complexity index is 474. The zero-order valence-corrected chi connectivity index (χ0v) is 7.74. The second-order valence-corrected chi connectivity index (χ2v) is 3.05. The Labute approximate surface area is 75.0 Å². The van der Waals surface area contributed by atoms with Crippen LogP contribution in [0.3, 0.4) is 0 Å². The van der Waals surface area contributed by atoms with E-state index in [1.54, 1.807) is 11.6 Å². The summed E-state index contributed by atoms with van der Waals surface area (Å²) in [6.07, 6.45) is 0. The van der Waals surface area contributed by atoms with Gasteiger partial charge in [0, 0.05) is 7.05 Å². The van der Waals surface area contributed by atoms with E-state index in [2.05, 4.69) is 15.2 Å². The first-order valence-corrected chi connectivity index (χ1v) is 3.96. The number of hydrogen-bond acceptors (Lipinski definition) is 4. The Morgan fingerprint density at radius 2 is 1.92 bits per heavy atom. The molecule has 0 bridgehead atoms. The molecule has 0 radical (unpaired) electrons. The molecule has 0 aromatic carbocycles. The van der Waals surface area contributed by atoms with Gasteiger partial charge in [-0.1, -0.05) is 0 Å². The van der Waals surface area contributed by atoms with Crippen LogP contribution >= 0.6 is 0 Å². The number of fused-ring (bicyclic) bond motifs is 1. The molecule has 0 aliphatic rings. The molecule has 0 saturated carbocycles. The highest BCUT2D eigenvalue weighted by molar-refractivity contribution is 5.76. The van der Waals surface area contributed by atoms with Gasteiger partial charge in [0.2, 0.25) is 5.65 Å². The summed E-state index contributed by atoms with van der Waals surface area (Å²) in [5, 5.41) is 17.1. The predicted octanol–water partition coefficient (Wildman–Crippen LogP) is 0.686. The van der Waals surface area contributed by atoms with E-state index in [0.29, 0.717) is 5.65 Å². The summed E-state index contributed by atoms with van der Waals surface area (Å²) in [6, 6.07) is -0.0296. The van der Waals surface area contributed by atoms with Crippen LogP contribution in [0.1, 0.15) is 11.3 Å². The highest BCUT2D eigenvalue weighted by Gasteiger charge is 2.11. The summed E-state index contributed by atoms with van der Waals surface area (Å²) in [7, 11) is 1.75. The molecule has 0 spiro atoms. The van der Waals surface area contributed by atoms with Crippen LogP contribution in [0.25, 0.3) is 11.2 Å². The highest BCUT2D eigenvalue weighted by atomic mass is 16.3. The van der Waals surface area contributed by atoms with Crippen molar-refractivity contribution >= 4 is 11.2 Å². The van der Waals surface area contributed by atoms with Crippen molar-refractivity contribution in [1.82, 2.24) is 19.7 Å². The molecule has 5 heteroatoms. The maximum Gasteiger partial charge on any atom is 0.296 e. The van der Waals surface area contributed by atoms with Crippen LogP contribution < -0.4 is 0 Å². The SMILES string of the molecule is Cc1nnc2nc(O)n(C)c2c1C. The third-order valence-electron chi connectivity index (χ3n) is 2.25. The van der Waals surface area contributed by atoms with Crippen LogP contribution in [-0.2, 0) is 7.05 Å². The largest absolute Gasteiger partial charge is 0.480 e. The van der Waals surface area contributed by atoms with Crippen molar-refractivity contribution < 1.29 is 5.11 Å². The molecular weight excluding hydrogens is 168 g/mol. The van der Waals surface area contributed by atoms with Gasteiger partial charge in [0.25, 0.3) is 6.01 Å². The molecule has 2 rings (SSSR count). The lowest BCUT2D eigenvalue weighted by Crippen LogP contribution is -1.95. The van der Waals surface area contributed by atoms with E-state index in [1.807, 2.05) is 13.8 Å². The Morgan fingerprint density at radius 1 is 1.23 bits per heavy atom. The van der Waals surface area contributed by atoms with Gasteiger partial charge in [0.15, 0.2) is 0 Å². The minimum absolute atomic E-state index is 0.0296. The molecule has 0 aliphatic carbocycles. The fraction of sp³-hybridized carbons (Fsp3) is 0.375. The van der Waals surface area contributed by atoms with Gasteiger partial charge in [-0.05, 0) is 19.4 Å². The summed E-state index contributed by atoms with van der Waals surface area (Å²) in [5.41, 5.74) is 3.18. The van der Waals surface area contributed by atoms with E-state index in [-0.39, 0.29) is 6.01 Å². The average Bonchev–Trinajstić information content (AvgIpc) is 2.37. The molecule has 0 amide bonds. The van der Waals surface area contributed by atoms with E-state index >= 15 is 0 Å². The van der Waals surface area contributed by atoms with Crippen molar-refractivity contribution in [2.45, 2.75) is 13.8 Å². The van der Waals surface area contributed by atoms with Crippen molar-refractivity contribution in [2.24, 2.45) is 7.05 Å². The smallest absolute Gasteiger partial charge is 0.296 e. The highest BCUT2D eigenvalue weighted by Crippen LogP contribution is 2.20. The lowest BCUT2D eigenvalue weighted by atomic mass is 10.2. The molecule has 5 nitrogen and oxygen atoms in total. The fourth-order valence-electron chi connectivity index (χ4n) is 1.33. The molecule has 0 fully saturated rings. The number of aromatic nitrogens is 4. The van der Waals surface area contributed by atoms with Gasteiger partial charge in [-0.2, -0.15) is 10.1 Å². The number of hydrogen-bond donors (Lipinski definition) is 1. The van der Waals surface area contributed by atoms with Crippen molar-refractivity contribution in [3.05, 3.63) is 11.3 Å². The first-order valence-electron chi connectivity index (χ1n) is 3.96. The minimum atomic E-state index is -0.0296. The first-order chi connectivity index (χ1) is 6.11. The minimum Gasteiger partial charge on any atom is -0.480 e. The molecule has 0 aliphatic heterocycles. The number of imidazole rings is 1. The summed E-state index contributed by atoms with van der Waals surface area (Å²) in [6.45, 7) is 3.82. The van der Waals surface area contributed by atoms with Crippen molar-refractivity contribution in [3.63, 3.8) is 0 Å². The van der Waals surface area contributed by atoms with Crippen molar-refractivity contribution in [2.75, 3.05) is 0 Å². The van der Waals surface area contributed by atoms with Gasteiger partial charge in [-0.15, -0.1) is 5.10 Å². The molecule has 2 heterocycles. The number of aromatic hydroxyl groups is 1. The van der Waals surface area contributed by atoms with Crippen LogP contribution in [0.5, 0.6) is 6.01 Å². The Kier molecular flexibility index (Phi) is 1.48. The van der Waals surface area contributed by atoms with Crippen LogP contribution in [0.2, 0.25) is 0 Å². The summed E-state index contributed by atoms with van der Waals surface area (Å²) >= 11 is 0. The topological polar surface area (TPSA) is 63.8 Å². The quantitative estimate of drug-likeness (QED) is 0.644. The van der Waals surface area contributed by atoms with Gasteiger partial charge in [-0.3, -0.25) is 4.57 Å². The monoisotopic (exact) mass is 178 g/mol. The molecular formula is C8H10N4O. The molecule has 0 atom stereocenters. The van der Waals surface area contributed by atoms with E-state index < -0.39 is 0 Å². The average molecular weight is 178 g/mol. The van der Waals surface area contributed by atoms with Crippen molar-refractivity contribution in [3.8, 4) is 6.01 Å². The molecule has 2 aromatic heterocycles. The zero-order chi connectivity index (χ0) is 9.59. The van der Waals surface area contributed by atoms with Gasteiger partial charge < -0.3 is 5.11 Å². The summed E-state index contributed by atoms with van der Waals surface area (Å²) in [4.78, 5) is 3.86. The van der Waals surface area contributed by atoms with Crippen molar-refractivity contribution in [1.29, 1.82) is 0 Å². The first kappa shape index (κ1) is 7.97. The predicted molar refractivity (Wildman–Crippen MR) is 47.4 cm³/mol. The molecule has 1 N–H and O–H groups in total. The molecule has 0 saturated heterocycles. The second kappa shape index (κ2) is 2.42. The lowest BCUT2D eigenvalue weighted by Gasteiger charge is -2.00. The molecule has 68 valence electrons. The van der Waals surface area contributed by atoms with Gasteiger partial charge in [0.05, 0.1) is 11.2 Å². The summed E-state index contributed by atoms with van der Waals surface area (Å²) < 4.78 is 1.60. The Morgan fingerprint density at radius 3 is 2.62 bits per heavy atom. The summed E-state index contributed by atoms with van der Waals surface area (Å²) in [5.74, 6) is 0. The van der Waals surface area contributed by atoms with Gasteiger partial charge in [0.1, 0.15) is 0 Å². The maximum absolute atomic E-state index is 9.34. The van der Waals surface area contributed by atoms with Crippen LogP contribution in [0.4, 0.5) is 0 Å². The maximum atomic E-state index is 9.34. The van der Waals surface area contributed by atoms with Gasteiger partial charge in [-0.25, -0.2) is 0 Å². The normalized spacial score (nSPS) is 11.0. The number of aryl methyl sites for hydroxylation is 3. The molecule has 0 unspecified atom stereocenters. The van der Waals surface area contributed by atoms with Crippen LogP contribution in [0.15, 0.2) is 0 Å². The number of nitrogens with zero attached hydrogens (tertiary/aromatic N) is 4. The molecule has 13 heavy (non-hydrogen) atoms. The lowest BCUT2D eigenvalue weighted by molar-refractivity contribution is 0.415. The fourth-order valence-corrected chi connectivity index (χ4v) is 1.33. The number of rotatable bonds is 0. The van der Waals surface area contributed by atoms with E-state index in [9.17, 15) is 5.11 Å². The molecule has 2 aromatic rings. The Hall–Kier alpha value is -1.65. The van der Waals surface area contributed by atoms with Gasteiger partial charge >= 0.3 is 0 Å². The zero-order valence-electron chi connectivity index (χ0n) is 7.74. The standard InChI is InChI=1S/C8H10N4O/c1-4-5(2)10-11-7-6(4)12(3)8(13)9-7/h1-3H3,(H,9,11,13). The van der Waals surface area contributed by atoms with Crippen LogP contribution in [-0.4, -0.2) is 24.9 Å². The Balaban J connectivity index is 2.97. The van der Waals surface area contributed by atoms with Crippen LogP contribution in [0, 0.1) is 13.8 Å². The van der Waals surface area contributed by atoms with E-state index in [0.717, 1.165) is 16.8 Å².